The third kappa shape index (κ3) is 3.60. The number of hydrogen-bond acceptors (Lipinski definition) is 5. The SMILES string of the molecule is O=C(N1CCOCC1)N1CCC[C@H](Oc2ncccn2)C1. The van der Waals surface area contributed by atoms with Crippen LogP contribution in [0.25, 0.3) is 0 Å². The molecule has 2 amide bonds. The number of nitrogens with zero attached hydrogens (tertiary/aromatic N) is 4. The molecule has 1 aromatic heterocycles. The third-order valence-electron chi connectivity index (χ3n) is 3.74. The largest absolute Gasteiger partial charge is 0.458 e. The zero-order valence-corrected chi connectivity index (χ0v) is 12.0. The predicted molar refractivity (Wildman–Crippen MR) is 75.0 cm³/mol. The average Bonchev–Trinajstić information content (AvgIpc) is 2.56. The first-order valence-electron chi connectivity index (χ1n) is 7.38. The summed E-state index contributed by atoms with van der Waals surface area (Å²) in [6, 6.07) is 2.21. The summed E-state index contributed by atoms with van der Waals surface area (Å²) >= 11 is 0. The number of amides is 2. The number of carbonyl (C=O) groups excluding carboxylic acids is 1. The van der Waals surface area contributed by atoms with Crippen LogP contribution in [-0.4, -0.2) is 71.3 Å². The lowest BCUT2D eigenvalue weighted by Crippen LogP contribution is -2.52. The highest BCUT2D eigenvalue weighted by Gasteiger charge is 2.29. The molecular formula is C14H20N4O3. The fourth-order valence-electron chi connectivity index (χ4n) is 2.66. The maximum absolute atomic E-state index is 12.5. The number of rotatable bonds is 2. The summed E-state index contributed by atoms with van der Waals surface area (Å²) in [7, 11) is 0. The summed E-state index contributed by atoms with van der Waals surface area (Å²) in [6.07, 6.45) is 5.13. The molecule has 7 nitrogen and oxygen atoms in total. The van der Waals surface area contributed by atoms with Crippen LogP contribution in [0.3, 0.4) is 0 Å². The molecule has 2 fully saturated rings. The summed E-state index contributed by atoms with van der Waals surface area (Å²) < 4.78 is 11.0. The number of hydrogen-bond donors (Lipinski definition) is 0. The molecule has 0 radical (unpaired) electrons. The molecule has 1 aromatic rings. The quantitative estimate of drug-likeness (QED) is 0.805. The molecular weight excluding hydrogens is 272 g/mol. The van der Waals surface area contributed by atoms with Gasteiger partial charge in [0.05, 0.1) is 19.8 Å². The standard InChI is InChI=1S/C14H20N4O3/c19-14(17-7-9-20-10-8-17)18-6-1-3-12(11-18)21-13-15-4-2-5-16-13/h2,4-5,12H,1,3,6-11H2/t12-/m0/s1. The Bertz CT molecular complexity index is 465. The maximum Gasteiger partial charge on any atom is 0.320 e. The molecule has 2 aliphatic rings. The molecule has 0 saturated carbocycles. The van der Waals surface area contributed by atoms with Crippen LogP contribution in [0.2, 0.25) is 0 Å². The molecule has 1 atom stereocenters. The number of carbonyl (C=O) groups is 1. The Morgan fingerprint density at radius 3 is 2.71 bits per heavy atom. The van der Waals surface area contributed by atoms with E-state index >= 15 is 0 Å². The van der Waals surface area contributed by atoms with Gasteiger partial charge < -0.3 is 19.3 Å². The second-order valence-electron chi connectivity index (χ2n) is 5.24. The molecule has 0 bridgehead atoms. The van der Waals surface area contributed by atoms with Crippen LogP contribution in [0.15, 0.2) is 18.5 Å². The zero-order chi connectivity index (χ0) is 14.5. The molecule has 0 aromatic carbocycles. The van der Waals surface area contributed by atoms with E-state index in [1.165, 1.54) is 0 Å². The van der Waals surface area contributed by atoms with Crippen LogP contribution in [0.1, 0.15) is 12.8 Å². The third-order valence-corrected chi connectivity index (χ3v) is 3.74. The smallest absolute Gasteiger partial charge is 0.320 e. The van der Waals surface area contributed by atoms with Gasteiger partial charge in [-0.1, -0.05) is 0 Å². The lowest BCUT2D eigenvalue weighted by molar-refractivity contribution is 0.0320. The summed E-state index contributed by atoms with van der Waals surface area (Å²) in [6.45, 7) is 3.96. The second kappa shape index (κ2) is 6.71. The van der Waals surface area contributed by atoms with E-state index in [4.69, 9.17) is 9.47 Å². The normalized spacial score (nSPS) is 23.0. The minimum atomic E-state index is -0.0360. The Morgan fingerprint density at radius 1 is 1.19 bits per heavy atom. The fourth-order valence-corrected chi connectivity index (χ4v) is 2.66. The average molecular weight is 292 g/mol. The predicted octanol–water partition coefficient (Wildman–Crippen LogP) is 0.772. The van der Waals surface area contributed by atoms with Gasteiger partial charge >= 0.3 is 12.0 Å². The molecule has 7 heteroatoms. The number of morpholine rings is 1. The Kier molecular flexibility index (Phi) is 4.49. The van der Waals surface area contributed by atoms with Crippen molar-refractivity contribution in [3.63, 3.8) is 0 Å². The molecule has 3 rings (SSSR count). The zero-order valence-electron chi connectivity index (χ0n) is 12.0. The molecule has 0 unspecified atom stereocenters. The molecule has 0 spiro atoms. The highest BCUT2D eigenvalue weighted by molar-refractivity contribution is 5.74. The Hall–Kier alpha value is -1.89. The molecule has 0 N–H and O–H groups in total. The fraction of sp³-hybridized carbons (Fsp3) is 0.643. The minimum absolute atomic E-state index is 0.0360. The molecule has 3 heterocycles. The summed E-state index contributed by atoms with van der Waals surface area (Å²) in [5, 5.41) is 0. The Morgan fingerprint density at radius 2 is 1.95 bits per heavy atom. The van der Waals surface area contributed by atoms with Gasteiger partial charge in [-0.05, 0) is 18.9 Å². The molecule has 2 saturated heterocycles. The van der Waals surface area contributed by atoms with E-state index in [0.29, 0.717) is 38.9 Å². The summed E-state index contributed by atoms with van der Waals surface area (Å²) in [4.78, 5) is 24.3. The van der Waals surface area contributed by atoms with Crippen molar-refractivity contribution in [1.82, 2.24) is 19.8 Å². The van der Waals surface area contributed by atoms with Crippen LogP contribution in [-0.2, 0) is 4.74 Å². The number of piperidine rings is 1. The monoisotopic (exact) mass is 292 g/mol. The van der Waals surface area contributed by atoms with Crippen molar-refractivity contribution in [2.45, 2.75) is 18.9 Å². The Balaban J connectivity index is 1.56. The van der Waals surface area contributed by atoms with E-state index in [0.717, 1.165) is 19.4 Å². The molecule has 0 aliphatic carbocycles. The Labute approximate surface area is 123 Å². The van der Waals surface area contributed by atoms with E-state index in [1.807, 2.05) is 9.80 Å². The van der Waals surface area contributed by atoms with E-state index in [9.17, 15) is 4.79 Å². The van der Waals surface area contributed by atoms with E-state index in [2.05, 4.69) is 9.97 Å². The van der Waals surface area contributed by atoms with Gasteiger partial charge in [-0.3, -0.25) is 0 Å². The van der Waals surface area contributed by atoms with Gasteiger partial charge in [0.15, 0.2) is 0 Å². The number of urea groups is 1. The number of ether oxygens (including phenoxy) is 2. The van der Waals surface area contributed by atoms with Gasteiger partial charge in [-0.15, -0.1) is 0 Å². The van der Waals surface area contributed by atoms with Crippen molar-refractivity contribution in [2.75, 3.05) is 39.4 Å². The molecule has 2 aliphatic heterocycles. The van der Waals surface area contributed by atoms with Crippen molar-refractivity contribution >= 4 is 6.03 Å². The minimum Gasteiger partial charge on any atom is -0.458 e. The van der Waals surface area contributed by atoms with Crippen molar-refractivity contribution < 1.29 is 14.3 Å². The second-order valence-corrected chi connectivity index (χ2v) is 5.24. The van der Waals surface area contributed by atoms with Crippen molar-refractivity contribution in [3.8, 4) is 6.01 Å². The highest BCUT2D eigenvalue weighted by Crippen LogP contribution is 2.16. The topological polar surface area (TPSA) is 67.8 Å². The van der Waals surface area contributed by atoms with Crippen LogP contribution in [0, 0.1) is 0 Å². The van der Waals surface area contributed by atoms with Crippen LogP contribution in [0.5, 0.6) is 6.01 Å². The first kappa shape index (κ1) is 14.1. The van der Waals surface area contributed by atoms with E-state index in [1.54, 1.807) is 18.5 Å². The van der Waals surface area contributed by atoms with Gasteiger partial charge in [-0.25, -0.2) is 14.8 Å². The number of likely N-dealkylation sites (tertiary alicyclic amines) is 1. The summed E-state index contributed by atoms with van der Waals surface area (Å²) in [5.74, 6) is 0. The van der Waals surface area contributed by atoms with Gasteiger partial charge in [0, 0.05) is 32.0 Å². The first-order chi connectivity index (χ1) is 10.3. The van der Waals surface area contributed by atoms with Gasteiger partial charge in [-0.2, -0.15) is 0 Å². The lowest BCUT2D eigenvalue weighted by atomic mass is 10.1. The van der Waals surface area contributed by atoms with Crippen molar-refractivity contribution in [2.24, 2.45) is 0 Å². The van der Waals surface area contributed by atoms with Crippen molar-refractivity contribution in [1.29, 1.82) is 0 Å². The molecule has 114 valence electrons. The van der Waals surface area contributed by atoms with Crippen LogP contribution >= 0.6 is 0 Å². The van der Waals surface area contributed by atoms with Crippen LogP contribution < -0.4 is 4.74 Å². The van der Waals surface area contributed by atoms with E-state index < -0.39 is 0 Å². The van der Waals surface area contributed by atoms with E-state index in [-0.39, 0.29) is 12.1 Å². The highest BCUT2D eigenvalue weighted by atomic mass is 16.5. The lowest BCUT2D eigenvalue weighted by Gasteiger charge is -2.37. The summed E-state index contributed by atoms with van der Waals surface area (Å²) in [5.41, 5.74) is 0. The van der Waals surface area contributed by atoms with Gasteiger partial charge in [0.25, 0.3) is 0 Å². The maximum atomic E-state index is 12.5. The van der Waals surface area contributed by atoms with Crippen LogP contribution in [0.4, 0.5) is 4.79 Å². The number of aromatic nitrogens is 2. The van der Waals surface area contributed by atoms with Crippen molar-refractivity contribution in [3.05, 3.63) is 18.5 Å². The molecule has 21 heavy (non-hydrogen) atoms. The van der Waals surface area contributed by atoms with Gasteiger partial charge in [0.2, 0.25) is 0 Å². The first-order valence-corrected chi connectivity index (χ1v) is 7.38. The van der Waals surface area contributed by atoms with Gasteiger partial charge in [0.1, 0.15) is 6.10 Å².